The number of nitrogens with zero attached hydrogens (tertiary/aromatic N) is 1. The first-order chi connectivity index (χ1) is 10.2. The van der Waals surface area contributed by atoms with E-state index >= 15 is 0 Å². The smallest absolute Gasteiger partial charge is 0.146 e. The van der Waals surface area contributed by atoms with Gasteiger partial charge in [-0.15, -0.1) is 0 Å². The molecule has 5 heteroatoms. The Hall–Kier alpha value is -1.17. The summed E-state index contributed by atoms with van der Waals surface area (Å²) in [5.41, 5.74) is 1.63. The first kappa shape index (κ1) is 16.2. The fourth-order valence-corrected chi connectivity index (χ4v) is 2.71. The maximum absolute atomic E-state index is 14.2. The van der Waals surface area contributed by atoms with Gasteiger partial charge in [-0.1, -0.05) is 12.1 Å². The highest BCUT2D eigenvalue weighted by Crippen LogP contribution is 2.25. The van der Waals surface area contributed by atoms with Crippen molar-refractivity contribution in [1.82, 2.24) is 5.32 Å². The van der Waals surface area contributed by atoms with Gasteiger partial charge in [0.25, 0.3) is 0 Å². The third-order valence-electron chi connectivity index (χ3n) is 3.75. The quantitative estimate of drug-likeness (QED) is 0.746. The normalized spacial score (nSPS) is 18.1. The van der Waals surface area contributed by atoms with Crippen LogP contribution in [0.4, 0.5) is 10.1 Å². The molecule has 118 valence electrons. The van der Waals surface area contributed by atoms with E-state index in [-0.39, 0.29) is 11.9 Å². The summed E-state index contributed by atoms with van der Waals surface area (Å²) in [6.07, 6.45) is 2.37. The molecule has 2 rings (SSSR count). The number of rotatable bonds is 8. The molecule has 0 bridgehead atoms. The summed E-state index contributed by atoms with van der Waals surface area (Å²) in [6, 6.07) is 5.23. The lowest BCUT2D eigenvalue weighted by Crippen LogP contribution is -2.30. The second kappa shape index (κ2) is 8.32. The number of nitrogens with one attached hydrogen (secondary N) is 1. The molecule has 1 N–H and O–H groups in total. The van der Waals surface area contributed by atoms with Gasteiger partial charge in [0.05, 0.1) is 18.4 Å². The number of methoxy groups -OCH3 is 1. The van der Waals surface area contributed by atoms with Crippen molar-refractivity contribution in [3.8, 4) is 0 Å². The molecule has 1 aromatic rings. The molecule has 1 saturated heterocycles. The van der Waals surface area contributed by atoms with Gasteiger partial charge < -0.3 is 19.7 Å². The van der Waals surface area contributed by atoms with E-state index in [0.717, 1.165) is 38.1 Å². The minimum atomic E-state index is -0.179. The van der Waals surface area contributed by atoms with Crippen LogP contribution in [0, 0.1) is 5.82 Å². The molecule has 1 fully saturated rings. The van der Waals surface area contributed by atoms with Crippen molar-refractivity contribution in [2.24, 2.45) is 0 Å². The number of hydrogen-bond donors (Lipinski definition) is 1. The number of hydrogen-bond acceptors (Lipinski definition) is 4. The Bertz CT molecular complexity index is 436. The molecule has 0 radical (unpaired) electrons. The molecule has 0 amide bonds. The SMILES string of the molecule is COCCNCc1cccc(F)c1N(C)CC1CCCO1. The first-order valence-electron chi connectivity index (χ1n) is 7.52. The minimum absolute atomic E-state index is 0.179. The van der Waals surface area contributed by atoms with Gasteiger partial charge in [0.1, 0.15) is 5.82 Å². The molecule has 1 aromatic carbocycles. The number of ether oxygens (including phenoxy) is 2. The molecule has 0 aliphatic carbocycles. The highest BCUT2D eigenvalue weighted by Gasteiger charge is 2.20. The highest BCUT2D eigenvalue weighted by atomic mass is 19.1. The summed E-state index contributed by atoms with van der Waals surface area (Å²) in [5.74, 6) is -0.179. The molecule has 1 unspecified atom stereocenters. The summed E-state index contributed by atoms with van der Waals surface area (Å²) in [7, 11) is 3.60. The molecule has 1 heterocycles. The molecular weight excluding hydrogens is 271 g/mol. The zero-order chi connectivity index (χ0) is 15.1. The topological polar surface area (TPSA) is 33.7 Å². The van der Waals surface area contributed by atoms with E-state index in [1.165, 1.54) is 6.07 Å². The van der Waals surface area contributed by atoms with Crippen LogP contribution in [0.3, 0.4) is 0 Å². The molecule has 1 atom stereocenters. The van der Waals surface area contributed by atoms with Crippen molar-refractivity contribution < 1.29 is 13.9 Å². The predicted octanol–water partition coefficient (Wildman–Crippen LogP) is 2.18. The summed E-state index contributed by atoms with van der Waals surface area (Å²) in [4.78, 5) is 1.97. The summed E-state index contributed by atoms with van der Waals surface area (Å²) in [5, 5.41) is 3.27. The fraction of sp³-hybridized carbons (Fsp3) is 0.625. The first-order valence-corrected chi connectivity index (χ1v) is 7.52. The Morgan fingerprint density at radius 2 is 2.33 bits per heavy atom. The highest BCUT2D eigenvalue weighted by molar-refractivity contribution is 5.54. The van der Waals surface area contributed by atoms with Crippen LogP contribution in [0.1, 0.15) is 18.4 Å². The number of halogens is 1. The van der Waals surface area contributed by atoms with Gasteiger partial charge in [-0.3, -0.25) is 0 Å². The standard InChI is InChI=1S/C16H25FN2O2/c1-19(12-14-6-4-9-21-14)16-13(5-3-7-15(16)17)11-18-8-10-20-2/h3,5,7,14,18H,4,6,8-12H2,1-2H3. The molecule has 0 saturated carbocycles. The van der Waals surface area contributed by atoms with Crippen molar-refractivity contribution in [3.05, 3.63) is 29.6 Å². The predicted molar refractivity (Wildman–Crippen MR) is 82.2 cm³/mol. The summed E-state index contributed by atoms with van der Waals surface area (Å²) >= 11 is 0. The van der Waals surface area contributed by atoms with Crippen LogP contribution in [0.25, 0.3) is 0 Å². The van der Waals surface area contributed by atoms with Gasteiger partial charge in [-0.05, 0) is 24.5 Å². The monoisotopic (exact) mass is 296 g/mol. The number of para-hydroxylation sites is 1. The lowest BCUT2D eigenvalue weighted by atomic mass is 10.1. The number of likely N-dealkylation sites (N-methyl/N-ethyl adjacent to an activating group) is 1. The maximum atomic E-state index is 14.2. The number of anilines is 1. The van der Waals surface area contributed by atoms with Crippen molar-refractivity contribution in [1.29, 1.82) is 0 Å². The largest absolute Gasteiger partial charge is 0.383 e. The zero-order valence-electron chi connectivity index (χ0n) is 12.9. The molecule has 1 aliphatic rings. The molecule has 0 spiro atoms. The fourth-order valence-electron chi connectivity index (χ4n) is 2.71. The van der Waals surface area contributed by atoms with Crippen LogP contribution in [0.5, 0.6) is 0 Å². The zero-order valence-corrected chi connectivity index (χ0v) is 12.9. The Morgan fingerprint density at radius 1 is 1.48 bits per heavy atom. The summed E-state index contributed by atoms with van der Waals surface area (Å²) < 4.78 is 24.9. The van der Waals surface area contributed by atoms with E-state index in [9.17, 15) is 4.39 Å². The van der Waals surface area contributed by atoms with E-state index in [1.807, 2.05) is 18.0 Å². The molecule has 4 nitrogen and oxygen atoms in total. The van der Waals surface area contributed by atoms with Crippen LogP contribution < -0.4 is 10.2 Å². The lowest BCUT2D eigenvalue weighted by Gasteiger charge is -2.25. The second-order valence-electron chi connectivity index (χ2n) is 5.43. The third kappa shape index (κ3) is 4.66. The second-order valence-corrected chi connectivity index (χ2v) is 5.43. The van der Waals surface area contributed by atoms with Crippen molar-refractivity contribution in [2.45, 2.75) is 25.5 Å². The third-order valence-corrected chi connectivity index (χ3v) is 3.75. The van der Waals surface area contributed by atoms with Crippen LogP contribution >= 0.6 is 0 Å². The summed E-state index contributed by atoms with van der Waals surface area (Å²) in [6.45, 7) is 3.58. The van der Waals surface area contributed by atoms with Gasteiger partial charge >= 0.3 is 0 Å². The molecular formula is C16H25FN2O2. The van der Waals surface area contributed by atoms with Crippen molar-refractivity contribution >= 4 is 5.69 Å². The average Bonchev–Trinajstić information content (AvgIpc) is 2.96. The number of benzene rings is 1. The molecule has 21 heavy (non-hydrogen) atoms. The van der Waals surface area contributed by atoms with E-state index in [2.05, 4.69) is 5.32 Å². The van der Waals surface area contributed by atoms with E-state index in [4.69, 9.17) is 9.47 Å². The Balaban J connectivity index is 2.01. The van der Waals surface area contributed by atoms with E-state index in [1.54, 1.807) is 13.2 Å². The van der Waals surface area contributed by atoms with Gasteiger partial charge in [0.2, 0.25) is 0 Å². The molecule has 0 aromatic heterocycles. The minimum Gasteiger partial charge on any atom is -0.383 e. The van der Waals surface area contributed by atoms with Crippen molar-refractivity contribution in [2.75, 3.05) is 45.4 Å². The maximum Gasteiger partial charge on any atom is 0.146 e. The Morgan fingerprint density at radius 3 is 3.05 bits per heavy atom. The van der Waals surface area contributed by atoms with Gasteiger partial charge in [-0.2, -0.15) is 0 Å². The van der Waals surface area contributed by atoms with Gasteiger partial charge in [-0.25, -0.2) is 4.39 Å². The lowest BCUT2D eigenvalue weighted by molar-refractivity contribution is 0.116. The molecule has 1 aliphatic heterocycles. The van der Waals surface area contributed by atoms with Gasteiger partial charge in [0, 0.05) is 40.4 Å². The van der Waals surface area contributed by atoms with Crippen LogP contribution in [0.2, 0.25) is 0 Å². The van der Waals surface area contributed by atoms with Crippen LogP contribution in [-0.4, -0.2) is 46.6 Å². The van der Waals surface area contributed by atoms with Crippen molar-refractivity contribution in [3.63, 3.8) is 0 Å². The Labute approximate surface area is 126 Å². The average molecular weight is 296 g/mol. The Kier molecular flexibility index (Phi) is 6.42. The van der Waals surface area contributed by atoms with Gasteiger partial charge in [0.15, 0.2) is 0 Å². The van der Waals surface area contributed by atoms with Crippen LogP contribution in [0.15, 0.2) is 18.2 Å². The van der Waals surface area contributed by atoms with E-state index in [0.29, 0.717) is 18.8 Å². The van der Waals surface area contributed by atoms with Crippen LogP contribution in [-0.2, 0) is 16.0 Å². The van der Waals surface area contributed by atoms with E-state index < -0.39 is 0 Å².